The minimum absolute atomic E-state index is 0.386. The normalized spacial score (nSPS) is 14.1. The third-order valence-corrected chi connectivity index (χ3v) is 3.00. The van der Waals surface area contributed by atoms with Crippen molar-refractivity contribution in [2.45, 2.75) is 12.1 Å². The molecule has 0 amide bonds. The van der Waals surface area contributed by atoms with E-state index in [9.17, 15) is 4.39 Å². The van der Waals surface area contributed by atoms with Gasteiger partial charge in [0.25, 0.3) is 0 Å². The highest BCUT2D eigenvalue weighted by Gasteiger charge is 2.26. The van der Waals surface area contributed by atoms with Crippen molar-refractivity contribution in [3.05, 3.63) is 65.7 Å². The zero-order chi connectivity index (χ0) is 13.7. The molecule has 4 nitrogen and oxygen atoms in total. The Labute approximate surface area is 111 Å². The van der Waals surface area contributed by atoms with E-state index < -0.39 is 11.9 Å². The number of nitrogens with one attached hydrogen (secondary N) is 1. The highest BCUT2D eigenvalue weighted by molar-refractivity contribution is 5.25. The Bertz CT molecular complexity index is 521. The standard InChI is InChI=1S/C14H16FN3O/c1-19-14(10-5-3-2-4-6-10)13(18-16)11-7-8-17-9-12(11)15/h2-9,13-14,18H,16H2,1H3. The monoisotopic (exact) mass is 261 g/mol. The first-order chi connectivity index (χ1) is 9.27. The van der Waals surface area contributed by atoms with Gasteiger partial charge in [-0.3, -0.25) is 10.8 Å². The first kappa shape index (κ1) is 13.6. The van der Waals surface area contributed by atoms with Gasteiger partial charge >= 0.3 is 0 Å². The lowest BCUT2D eigenvalue weighted by Gasteiger charge is -2.26. The fourth-order valence-corrected chi connectivity index (χ4v) is 2.09. The van der Waals surface area contributed by atoms with Crippen molar-refractivity contribution in [2.24, 2.45) is 5.84 Å². The van der Waals surface area contributed by atoms with Gasteiger partial charge in [-0.15, -0.1) is 0 Å². The van der Waals surface area contributed by atoms with E-state index >= 15 is 0 Å². The number of aromatic nitrogens is 1. The average molecular weight is 261 g/mol. The van der Waals surface area contributed by atoms with Crippen molar-refractivity contribution >= 4 is 0 Å². The van der Waals surface area contributed by atoms with Crippen molar-refractivity contribution in [2.75, 3.05) is 7.11 Å². The van der Waals surface area contributed by atoms with Crippen LogP contribution in [0.3, 0.4) is 0 Å². The van der Waals surface area contributed by atoms with Crippen molar-refractivity contribution in [3.63, 3.8) is 0 Å². The lowest BCUT2D eigenvalue weighted by molar-refractivity contribution is 0.0664. The second kappa shape index (κ2) is 6.38. The zero-order valence-electron chi connectivity index (χ0n) is 10.6. The van der Waals surface area contributed by atoms with E-state index in [1.165, 1.54) is 6.20 Å². The second-order valence-electron chi connectivity index (χ2n) is 4.11. The topological polar surface area (TPSA) is 60.2 Å². The zero-order valence-corrected chi connectivity index (χ0v) is 10.6. The fourth-order valence-electron chi connectivity index (χ4n) is 2.09. The van der Waals surface area contributed by atoms with E-state index in [0.29, 0.717) is 5.56 Å². The molecule has 3 N–H and O–H groups in total. The number of hydrogen-bond acceptors (Lipinski definition) is 4. The number of benzene rings is 1. The quantitative estimate of drug-likeness (QED) is 0.639. The van der Waals surface area contributed by atoms with Gasteiger partial charge < -0.3 is 4.74 Å². The summed E-state index contributed by atoms with van der Waals surface area (Å²) in [4.78, 5) is 3.74. The highest BCUT2D eigenvalue weighted by Crippen LogP contribution is 2.31. The summed E-state index contributed by atoms with van der Waals surface area (Å²) in [6.07, 6.45) is 2.31. The van der Waals surface area contributed by atoms with E-state index in [0.717, 1.165) is 11.8 Å². The number of nitrogens with zero attached hydrogens (tertiary/aromatic N) is 1. The molecular weight excluding hydrogens is 245 g/mol. The van der Waals surface area contributed by atoms with E-state index in [-0.39, 0.29) is 6.10 Å². The summed E-state index contributed by atoms with van der Waals surface area (Å²) in [6.45, 7) is 0. The molecule has 19 heavy (non-hydrogen) atoms. The summed E-state index contributed by atoms with van der Waals surface area (Å²) in [5.74, 6) is 5.16. The van der Waals surface area contributed by atoms with Crippen LogP contribution in [0.5, 0.6) is 0 Å². The number of nitrogens with two attached hydrogens (primary N) is 1. The van der Waals surface area contributed by atoms with E-state index in [4.69, 9.17) is 10.6 Å². The molecule has 100 valence electrons. The Kier molecular flexibility index (Phi) is 4.57. The number of methoxy groups -OCH3 is 1. The lowest BCUT2D eigenvalue weighted by atomic mass is 9.96. The van der Waals surface area contributed by atoms with E-state index in [2.05, 4.69) is 10.4 Å². The van der Waals surface area contributed by atoms with Crippen LogP contribution in [0, 0.1) is 5.82 Å². The van der Waals surface area contributed by atoms with E-state index in [1.807, 2.05) is 30.3 Å². The van der Waals surface area contributed by atoms with Crippen LogP contribution < -0.4 is 11.3 Å². The molecule has 0 saturated heterocycles. The van der Waals surface area contributed by atoms with Crippen LogP contribution in [0.1, 0.15) is 23.3 Å². The van der Waals surface area contributed by atoms with Crippen LogP contribution in [-0.2, 0) is 4.74 Å². The molecule has 2 unspecified atom stereocenters. The van der Waals surface area contributed by atoms with Crippen LogP contribution in [0.2, 0.25) is 0 Å². The van der Waals surface area contributed by atoms with Gasteiger partial charge in [0.1, 0.15) is 11.9 Å². The molecule has 0 fully saturated rings. The molecule has 0 radical (unpaired) electrons. The maximum atomic E-state index is 13.8. The van der Waals surface area contributed by atoms with Gasteiger partial charge in [0, 0.05) is 18.9 Å². The molecule has 0 spiro atoms. The van der Waals surface area contributed by atoms with Gasteiger partial charge in [-0.05, 0) is 11.6 Å². The summed E-state index contributed by atoms with van der Waals surface area (Å²) in [5.41, 5.74) is 3.96. The first-order valence-corrected chi connectivity index (χ1v) is 5.91. The number of pyridine rings is 1. The Morgan fingerprint density at radius 1 is 1.26 bits per heavy atom. The second-order valence-corrected chi connectivity index (χ2v) is 4.11. The van der Waals surface area contributed by atoms with Gasteiger partial charge in [-0.25, -0.2) is 9.82 Å². The Morgan fingerprint density at radius 3 is 2.58 bits per heavy atom. The van der Waals surface area contributed by atoms with Crippen molar-refractivity contribution < 1.29 is 9.13 Å². The summed E-state index contributed by atoms with van der Waals surface area (Å²) < 4.78 is 19.3. The molecule has 0 aliphatic carbocycles. The van der Waals surface area contributed by atoms with Gasteiger partial charge in [-0.2, -0.15) is 0 Å². The molecule has 2 rings (SSSR count). The van der Waals surface area contributed by atoms with E-state index in [1.54, 1.807) is 13.2 Å². The van der Waals surface area contributed by atoms with Crippen molar-refractivity contribution in [1.82, 2.24) is 10.4 Å². The lowest BCUT2D eigenvalue weighted by Crippen LogP contribution is -2.34. The Balaban J connectivity index is 2.38. The molecule has 0 aliphatic heterocycles. The summed E-state index contributed by atoms with van der Waals surface area (Å²) in [7, 11) is 1.57. The van der Waals surface area contributed by atoms with Gasteiger partial charge in [0.05, 0.1) is 12.2 Å². The van der Waals surface area contributed by atoms with Gasteiger partial charge in [0.15, 0.2) is 0 Å². The largest absolute Gasteiger partial charge is 0.375 e. The maximum Gasteiger partial charge on any atom is 0.146 e. The smallest absolute Gasteiger partial charge is 0.146 e. The van der Waals surface area contributed by atoms with Crippen molar-refractivity contribution in [3.8, 4) is 0 Å². The third kappa shape index (κ3) is 2.96. The predicted molar refractivity (Wildman–Crippen MR) is 70.5 cm³/mol. The number of hydrazine groups is 1. The van der Waals surface area contributed by atoms with Crippen LogP contribution in [0.4, 0.5) is 4.39 Å². The average Bonchev–Trinajstić information content (AvgIpc) is 2.46. The molecule has 2 aromatic rings. The minimum Gasteiger partial charge on any atom is -0.375 e. The third-order valence-electron chi connectivity index (χ3n) is 3.00. The summed E-state index contributed by atoms with van der Waals surface area (Å²) in [5, 5.41) is 0. The molecule has 0 bridgehead atoms. The first-order valence-electron chi connectivity index (χ1n) is 5.91. The van der Waals surface area contributed by atoms with Crippen LogP contribution in [0.25, 0.3) is 0 Å². The van der Waals surface area contributed by atoms with Crippen LogP contribution in [-0.4, -0.2) is 12.1 Å². The molecular formula is C14H16FN3O. The van der Waals surface area contributed by atoms with Gasteiger partial charge in [0.2, 0.25) is 0 Å². The van der Waals surface area contributed by atoms with Crippen molar-refractivity contribution in [1.29, 1.82) is 0 Å². The number of hydrogen-bond donors (Lipinski definition) is 2. The van der Waals surface area contributed by atoms with Crippen LogP contribution in [0.15, 0.2) is 48.8 Å². The highest BCUT2D eigenvalue weighted by atomic mass is 19.1. The number of halogens is 1. The molecule has 0 saturated carbocycles. The molecule has 1 aromatic heterocycles. The molecule has 1 aromatic carbocycles. The summed E-state index contributed by atoms with van der Waals surface area (Å²) >= 11 is 0. The number of rotatable bonds is 5. The fraction of sp³-hybridized carbons (Fsp3) is 0.214. The predicted octanol–water partition coefficient (Wildman–Crippen LogP) is 2.11. The molecule has 2 atom stereocenters. The Hall–Kier alpha value is -1.82. The molecule has 1 heterocycles. The molecule has 0 aliphatic rings. The SMILES string of the molecule is COC(c1ccccc1)C(NN)c1ccncc1F. The minimum atomic E-state index is -0.490. The number of ether oxygens (including phenoxy) is 1. The summed E-state index contributed by atoms with van der Waals surface area (Å²) in [6, 6.07) is 10.6. The molecule has 5 heteroatoms. The Morgan fingerprint density at radius 2 is 2.00 bits per heavy atom. The van der Waals surface area contributed by atoms with Gasteiger partial charge in [-0.1, -0.05) is 30.3 Å². The maximum absolute atomic E-state index is 13.8. The van der Waals surface area contributed by atoms with Crippen LogP contribution >= 0.6 is 0 Å².